The van der Waals surface area contributed by atoms with Crippen molar-refractivity contribution in [1.29, 1.82) is 0 Å². The van der Waals surface area contributed by atoms with Crippen molar-refractivity contribution < 1.29 is 13.6 Å². The summed E-state index contributed by atoms with van der Waals surface area (Å²) in [6, 6.07) is 3.31. The Morgan fingerprint density at radius 2 is 1.95 bits per heavy atom. The molecule has 0 aliphatic rings. The molecule has 0 saturated carbocycles. The number of nitrogens with zero attached hydrogens (tertiary/aromatic N) is 1. The Balaban J connectivity index is 2.01. The van der Waals surface area contributed by atoms with Gasteiger partial charge in [0.15, 0.2) is 5.82 Å². The number of hydrogen-bond donors (Lipinski definition) is 3. The van der Waals surface area contributed by atoms with E-state index >= 15 is 0 Å². The molecule has 2 rings (SSSR count). The van der Waals surface area contributed by atoms with Gasteiger partial charge in [0.2, 0.25) is 0 Å². The molecule has 1 aromatic carbocycles. The largest absolute Gasteiger partial charge is 0.382 e. The predicted octanol–water partition coefficient (Wildman–Crippen LogP) is 1.76. The second-order valence-electron chi connectivity index (χ2n) is 4.09. The maximum atomic E-state index is 13.0. The van der Waals surface area contributed by atoms with Crippen LogP contribution in [-0.4, -0.2) is 16.8 Å². The second kappa shape index (κ2) is 5.83. The number of benzene rings is 1. The number of rotatable bonds is 5. The van der Waals surface area contributed by atoms with Crippen molar-refractivity contribution >= 4 is 28.3 Å². The lowest BCUT2D eigenvalue weighted by atomic mass is 10.1. The molecule has 0 spiro atoms. The van der Waals surface area contributed by atoms with Crippen LogP contribution in [0.1, 0.15) is 15.9 Å². The van der Waals surface area contributed by atoms with Gasteiger partial charge in [0.05, 0.1) is 0 Å². The topological polar surface area (TPSA) is 94.0 Å². The predicted molar refractivity (Wildman–Crippen MR) is 73.6 cm³/mol. The van der Waals surface area contributed by atoms with Gasteiger partial charge in [0, 0.05) is 12.6 Å². The van der Waals surface area contributed by atoms with Crippen LogP contribution in [0.5, 0.6) is 0 Å². The quantitative estimate of drug-likeness (QED) is 0.784. The van der Waals surface area contributed by atoms with Crippen molar-refractivity contribution in [2.45, 2.75) is 6.42 Å². The molecule has 0 radical (unpaired) electrons. The highest BCUT2D eigenvalue weighted by Gasteiger charge is 2.16. The molecule has 0 saturated heterocycles. The number of nitrogens with one attached hydrogen (secondary N) is 1. The van der Waals surface area contributed by atoms with E-state index in [4.69, 9.17) is 11.5 Å². The number of primary amides is 1. The van der Waals surface area contributed by atoms with Crippen molar-refractivity contribution in [3.63, 3.8) is 0 Å². The molecular formula is C12H12F2N4OS. The Labute approximate surface area is 117 Å². The molecule has 0 fully saturated rings. The molecule has 1 amide bonds. The van der Waals surface area contributed by atoms with E-state index < -0.39 is 17.5 Å². The number of carbonyl (C=O) groups is 1. The Bertz CT molecular complexity index is 624. The summed E-state index contributed by atoms with van der Waals surface area (Å²) in [6.07, 6.45) is 0.380. The van der Waals surface area contributed by atoms with Crippen LogP contribution in [0.3, 0.4) is 0 Å². The molecule has 0 aliphatic heterocycles. The molecule has 1 aromatic heterocycles. The molecule has 5 N–H and O–H groups in total. The average molecular weight is 298 g/mol. The van der Waals surface area contributed by atoms with Gasteiger partial charge in [-0.3, -0.25) is 4.79 Å². The van der Waals surface area contributed by atoms with Crippen LogP contribution < -0.4 is 16.8 Å². The molecule has 20 heavy (non-hydrogen) atoms. The number of anilines is 2. The lowest BCUT2D eigenvalue weighted by molar-refractivity contribution is 0.100. The molecule has 0 unspecified atom stereocenters. The van der Waals surface area contributed by atoms with Gasteiger partial charge in [0.1, 0.15) is 22.2 Å². The first kappa shape index (κ1) is 14.2. The van der Waals surface area contributed by atoms with Gasteiger partial charge in [-0.25, -0.2) is 8.78 Å². The summed E-state index contributed by atoms with van der Waals surface area (Å²) in [4.78, 5) is 11.2. The monoisotopic (exact) mass is 298 g/mol. The second-order valence-corrected chi connectivity index (χ2v) is 4.86. The number of carbonyl (C=O) groups excluding carboxylic acids is 1. The van der Waals surface area contributed by atoms with Gasteiger partial charge in [0.25, 0.3) is 5.91 Å². The zero-order valence-electron chi connectivity index (χ0n) is 10.3. The Morgan fingerprint density at radius 1 is 1.30 bits per heavy atom. The van der Waals surface area contributed by atoms with Crippen LogP contribution in [0.15, 0.2) is 18.2 Å². The maximum Gasteiger partial charge on any atom is 0.255 e. The third kappa shape index (κ3) is 3.21. The zero-order valence-corrected chi connectivity index (χ0v) is 11.1. The van der Waals surface area contributed by atoms with Crippen molar-refractivity contribution in [2.75, 3.05) is 17.6 Å². The van der Waals surface area contributed by atoms with E-state index in [-0.39, 0.29) is 11.4 Å². The number of amides is 1. The van der Waals surface area contributed by atoms with Gasteiger partial charge in [-0.2, -0.15) is 4.37 Å². The summed E-state index contributed by atoms with van der Waals surface area (Å²) in [5, 5.41) is 3.38. The van der Waals surface area contributed by atoms with Crippen LogP contribution >= 0.6 is 11.5 Å². The highest BCUT2D eigenvalue weighted by Crippen LogP contribution is 2.26. The SMILES string of the molecule is NC(=O)c1c(N)nsc1NCCc1cc(F)cc(F)c1. The molecule has 2 aromatic rings. The molecule has 0 atom stereocenters. The van der Waals surface area contributed by atoms with E-state index in [1.807, 2.05) is 0 Å². The summed E-state index contributed by atoms with van der Waals surface area (Å²) >= 11 is 1.01. The molecule has 1 heterocycles. The zero-order chi connectivity index (χ0) is 14.7. The van der Waals surface area contributed by atoms with Gasteiger partial charge in [-0.1, -0.05) is 0 Å². The maximum absolute atomic E-state index is 13.0. The van der Waals surface area contributed by atoms with E-state index in [1.54, 1.807) is 0 Å². The van der Waals surface area contributed by atoms with Crippen molar-refractivity contribution in [3.8, 4) is 0 Å². The number of hydrogen-bond acceptors (Lipinski definition) is 5. The van der Waals surface area contributed by atoms with Crippen molar-refractivity contribution in [2.24, 2.45) is 5.73 Å². The Morgan fingerprint density at radius 3 is 2.55 bits per heavy atom. The van der Waals surface area contributed by atoms with Crippen LogP contribution in [0.25, 0.3) is 0 Å². The average Bonchev–Trinajstić information content (AvgIpc) is 2.69. The van der Waals surface area contributed by atoms with Crippen LogP contribution in [-0.2, 0) is 6.42 Å². The minimum Gasteiger partial charge on any atom is -0.382 e. The van der Waals surface area contributed by atoms with Crippen LogP contribution in [0.4, 0.5) is 19.6 Å². The molecule has 5 nitrogen and oxygen atoms in total. The number of nitrogen functional groups attached to an aromatic ring is 1. The molecule has 8 heteroatoms. The molecule has 0 bridgehead atoms. The van der Waals surface area contributed by atoms with Gasteiger partial charge < -0.3 is 16.8 Å². The summed E-state index contributed by atoms with van der Waals surface area (Å²) < 4.78 is 29.8. The fourth-order valence-corrected chi connectivity index (χ4v) is 2.48. The first-order valence-electron chi connectivity index (χ1n) is 5.71. The van der Waals surface area contributed by atoms with Gasteiger partial charge in [-0.05, 0) is 35.6 Å². The summed E-state index contributed by atoms with van der Waals surface area (Å²) in [5.41, 5.74) is 11.4. The fraction of sp³-hybridized carbons (Fsp3) is 0.167. The summed E-state index contributed by atoms with van der Waals surface area (Å²) in [7, 11) is 0. The summed E-state index contributed by atoms with van der Waals surface area (Å²) in [5.74, 6) is -1.85. The molecule has 106 valence electrons. The number of nitrogens with two attached hydrogens (primary N) is 2. The van der Waals surface area contributed by atoms with Crippen LogP contribution in [0.2, 0.25) is 0 Å². The van der Waals surface area contributed by atoms with E-state index in [9.17, 15) is 13.6 Å². The highest BCUT2D eigenvalue weighted by atomic mass is 32.1. The number of halogens is 2. The van der Waals surface area contributed by atoms with E-state index in [0.717, 1.165) is 17.6 Å². The first-order chi connectivity index (χ1) is 9.47. The molecule has 0 aliphatic carbocycles. The molecular weight excluding hydrogens is 286 g/mol. The van der Waals surface area contributed by atoms with Crippen molar-refractivity contribution in [3.05, 3.63) is 41.0 Å². The fourth-order valence-electron chi connectivity index (χ4n) is 1.74. The van der Waals surface area contributed by atoms with Gasteiger partial charge >= 0.3 is 0 Å². The van der Waals surface area contributed by atoms with E-state index in [1.165, 1.54) is 12.1 Å². The number of aromatic nitrogens is 1. The smallest absolute Gasteiger partial charge is 0.255 e. The van der Waals surface area contributed by atoms with Gasteiger partial charge in [-0.15, -0.1) is 0 Å². The Hall–Kier alpha value is -2.22. The van der Waals surface area contributed by atoms with E-state index in [2.05, 4.69) is 9.69 Å². The van der Waals surface area contributed by atoms with Crippen molar-refractivity contribution in [1.82, 2.24) is 4.37 Å². The van der Waals surface area contributed by atoms with E-state index in [0.29, 0.717) is 23.5 Å². The first-order valence-corrected chi connectivity index (χ1v) is 6.48. The summed E-state index contributed by atoms with van der Waals surface area (Å²) in [6.45, 7) is 0.366. The highest BCUT2D eigenvalue weighted by molar-refractivity contribution is 7.11. The van der Waals surface area contributed by atoms with Crippen LogP contribution in [0, 0.1) is 11.6 Å². The minimum atomic E-state index is -0.671. The third-order valence-electron chi connectivity index (χ3n) is 2.59. The Kier molecular flexibility index (Phi) is 4.14. The standard InChI is InChI=1S/C12H12F2N4OS/c13-7-3-6(4-8(14)5-7)1-2-17-12-9(11(16)19)10(15)18-20-12/h3-5,17H,1-2H2,(H2,15,18)(H2,16,19). The lowest BCUT2D eigenvalue weighted by Crippen LogP contribution is -2.15. The lowest BCUT2D eigenvalue weighted by Gasteiger charge is -2.06. The minimum absolute atomic E-state index is 0.0711. The normalized spacial score (nSPS) is 10.5. The third-order valence-corrected chi connectivity index (χ3v) is 3.41.